The molecule has 8 nitrogen and oxygen atoms in total. The Hall–Kier alpha value is -1.93. The average Bonchev–Trinajstić information content (AvgIpc) is 3.21. The predicted molar refractivity (Wildman–Crippen MR) is 86.0 cm³/mol. The van der Waals surface area contributed by atoms with Gasteiger partial charge in [-0.3, -0.25) is 4.57 Å². The number of imidazole rings is 1. The second-order valence-corrected chi connectivity index (χ2v) is 6.25. The van der Waals surface area contributed by atoms with Gasteiger partial charge in [0.25, 0.3) is 0 Å². The lowest BCUT2D eigenvalue weighted by molar-refractivity contribution is -0.0207. The summed E-state index contributed by atoms with van der Waals surface area (Å²) in [6.07, 6.45) is 6.73. The number of nitrogen functional groups attached to an aromatic ring is 1. The molecule has 3 N–H and O–H groups in total. The van der Waals surface area contributed by atoms with E-state index in [-0.39, 0.29) is 24.9 Å². The molecule has 2 aliphatic rings. The monoisotopic (exact) mass is 318 g/mol. The van der Waals surface area contributed by atoms with Crippen LogP contribution in [0.15, 0.2) is 6.33 Å². The topological polar surface area (TPSA) is 102 Å². The highest BCUT2D eigenvalue weighted by molar-refractivity contribution is 5.84. The van der Waals surface area contributed by atoms with Gasteiger partial charge in [0, 0.05) is 13.1 Å². The maximum absolute atomic E-state index is 9.25. The second-order valence-electron chi connectivity index (χ2n) is 6.25. The van der Waals surface area contributed by atoms with Gasteiger partial charge in [-0.2, -0.15) is 9.97 Å². The van der Waals surface area contributed by atoms with Crippen molar-refractivity contribution >= 4 is 22.9 Å². The van der Waals surface area contributed by atoms with Gasteiger partial charge in [0.15, 0.2) is 17.0 Å². The Morgan fingerprint density at radius 2 is 2.04 bits per heavy atom. The molecule has 2 saturated heterocycles. The van der Waals surface area contributed by atoms with E-state index in [0.29, 0.717) is 5.65 Å². The molecule has 124 valence electrons. The van der Waals surface area contributed by atoms with Crippen LogP contribution in [0.1, 0.15) is 38.3 Å². The highest BCUT2D eigenvalue weighted by Gasteiger charge is 2.28. The van der Waals surface area contributed by atoms with Crippen molar-refractivity contribution in [2.24, 2.45) is 0 Å². The first-order valence-corrected chi connectivity index (χ1v) is 8.27. The Bertz CT molecular complexity index is 697. The zero-order valence-electron chi connectivity index (χ0n) is 13.1. The average molecular weight is 318 g/mol. The van der Waals surface area contributed by atoms with Crippen molar-refractivity contribution in [3.63, 3.8) is 0 Å². The number of aromatic nitrogens is 4. The highest BCUT2D eigenvalue weighted by Crippen LogP contribution is 2.33. The van der Waals surface area contributed by atoms with Crippen LogP contribution in [-0.2, 0) is 4.74 Å². The first-order valence-electron chi connectivity index (χ1n) is 8.27. The van der Waals surface area contributed by atoms with Gasteiger partial charge in [0.05, 0.1) is 19.0 Å². The Morgan fingerprint density at radius 1 is 1.22 bits per heavy atom. The largest absolute Gasteiger partial charge is 0.394 e. The summed E-state index contributed by atoms with van der Waals surface area (Å²) in [5, 5.41) is 9.25. The Morgan fingerprint density at radius 3 is 2.78 bits per heavy atom. The van der Waals surface area contributed by atoms with Crippen molar-refractivity contribution < 1.29 is 9.84 Å². The normalized spacial score (nSPS) is 25.3. The van der Waals surface area contributed by atoms with E-state index in [0.717, 1.165) is 50.1 Å². The van der Waals surface area contributed by atoms with Gasteiger partial charge >= 0.3 is 0 Å². The molecule has 0 aliphatic carbocycles. The number of ether oxygens (including phenoxy) is 1. The SMILES string of the molecule is Nc1nc(N2CCCCC2)c2ncn([C@H]3CC[C@@H](CO)O3)c2n1. The first-order chi connectivity index (χ1) is 11.3. The van der Waals surface area contributed by atoms with E-state index >= 15 is 0 Å². The van der Waals surface area contributed by atoms with Crippen LogP contribution in [0.2, 0.25) is 0 Å². The molecule has 8 heteroatoms. The minimum Gasteiger partial charge on any atom is -0.394 e. The number of nitrogens with zero attached hydrogens (tertiary/aromatic N) is 5. The van der Waals surface area contributed by atoms with Crippen LogP contribution in [0, 0.1) is 0 Å². The lowest BCUT2D eigenvalue weighted by Gasteiger charge is -2.27. The summed E-state index contributed by atoms with van der Waals surface area (Å²) < 4.78 is 7.76. The quantitative estimate of drug-likeness (QED) is 0.872. The van der Waals surface area contributed by atoms with Crippen LogP contribution in [0.25, 0.3) is 11.2 Å². The van der Waals surface area contributed by atoms with Gasteiger partial charge < -0.3 is 20.5 Å². The molecule has 0 unspecified atom stereocenters. The van der Waals surface area contributed by atoms with Crippen molar-refractivity contribution in [2.45, 2.75) is 44.4 Å². The molecule has 4 heterocycles. The fourth-order valence-electron chi connectivity index (χ4n) is 3.48. The van der Waals surface area contributed by atoms with Crippen molar-refractivity contribution in [3.05, 3.63) is 6.33 Å². The van der Waals surface area contributed by atoms with Gasteiger partial charge in [-0.25, -0.2) is 4.98 Å². The molecule has 2 aliphatic heterocycles. The molecule has 4 rings (SSSR count). The van der Waals surface area contributed by atoms with E-state index in [1.165, 1.54) is 6.42 Å². The van der Waals surface area contributed by atoms with Gasteiger partial charge in [0.1, 0.15) is 6.23 Å². The lowest BCUT2D eigenvalue weighted by atomic mass is 10.1. The number of nitrogens with two attached hydrogens (primary N) is 1. The second kappa shape index (κ2) is 5.93. The van der Waals surface area contributed by atoms with Gasteiger partial charge in [-0.1, -0.05) is 0 Å². The number of rotatable bonds is 3. The van der Waals surface area contributed by atoms with Crippen LogP contribution in [-0.4, -0.2) is 50.4 Å². The van der Waals surface area contributed by atoms with Crippen molar-refractivity contribution in [1.82, 2.24) is 19.5 Å². The molecule has 0 amide bonds. The summed E-state index contributed by atoms with van der Waals surface area (Å²) >= 11 is 0. The number of aliphatic hydroxyl groups is 1. The molecule has 23 heavy (non-hydrogen) atoms. The molecule has 2 fully saturated rings. The van der Waals surface area contributed by atoms with E-state index in [1.54, 1.807) is 6.33 Å². The van der Waals surface area contributed by atoms with Crippen LogP contribution < -0.4 is 10.6 Å². The van der Waals surface area contributed by atoms with Crippen LogP contribution in [0.4, 0.5) is 11.8 Å². The molecular formula is C15H22N6O2. The molecular weight excluding hydrogens is 296 g/mol. The number of anilines is 2. The summed E-state index contributed by atoms with van der Waals surface area (Å²) in [4.78, 5) is 15.6. The molecule has 0 spiro atoms. The highest BCUT2D eigenvalue weighted by atomic mass is 16.5. The summed E-state index contributed by atoms with van der Waals surface area (Å²) in [6, 6.07) is 0. The summed E-state index contributed by atoms with van der Waals surface area (Å²) in [5.74, 6) is 1.08. The number of piperidine rings is 1. The molecule has 2 aromatic heterocycles. The Labute approximate surface area is 134 Å². The minimum absolute atomic E-state index is 0.0410. The zero-order chi connectivity index (χ0) is 15.8. The van der Waals surface area contributed by atoms with Crippen LogP contribution in [0.3, 0.4) is 0 Å². The Balaban J connectivity index is 1.73. The van der Waals surface area contributed by atoms with E-state index in [9.17, 15) is 5.11 Å². The van der Waals surface area contributed by atoms with Gasteiger partial charge in [-0.05, 0) is 32.1 Å². The molecule has 2 atom stereocenters. The third-order valence-corrected chi connectivity index (χ3v) is 4.67. The number of hydrogen-bond donors (Lipinski definition) is 2. The number of fused-ring (bicyclic) bond motifs is 1. The fourth-order valence-corrected chi connectivity index (χ4v) is 3.48. The third kappa shape index (κ3) is 2.61. The van der Waals surface area contributed by atoms with Gasteiger partial charge in [0.2, 0.25) is 5.95 Å². The van der Waals surface area contributed by atoms with Crippen molar-refractivity contribution in [3.8, 4) is 0 Å². The zero-order valence-corrected chi connectivity index (χ0v) is 13.1. The van der Waals surface area contributed by atoms with Crippen LogP contribution >= 0.6 is 0 Å². The lowest BCUT2D eigenvalue weighted by Crippen LogP contribution is -2.30. The van der Waals surface area contributed by atoms with E-state index in [2.05, 4.69) is 19.9 Å². The number of aliphatic hydroxyl groups excluding tert-OH is 1. The van der Waals surface area contributed by atoms with E-state index in [4.69, 9.17) is 10.5 Å². The predicted octanol–water partition coefficient (Wildman–Crippen LogP) is 1.07. The molecule has 0 aromatic carbocycles. The first kappa shape index (κ1) is 14.6. The summed E-state index contributed by atoms with van der Waals surface area (Å²) in [6.45, 7) is 2.00. The molecule has 0 bridgehead atoms. The summed E-state index contributed by atoms with van der Waals surface area (Å²) in [7, 11) is 0. The molecule has 2 aromatic rings. The fraction of sp³-hybridized carbons (Fsp3) is 0.667. The standard InChI is InChI=1S/C15H22N6O2/c16-15-18-13(20-6-2-1-3-7-20)12-14(19-15)21(9-17-12)11-5-4-10(8-22)23-11/h9-11,22H,1-8H2,(H2,16,18,19)/t10-,11+/m0/s1. The van der Waals surface area contributed by atoms with Crippen LogP contribution in [0.5, 0.6) is 0 Å². The molecule has 0 radical (unpaired) electrons. The molecule has 0 saturated carbocycles. The smallest absolute Gasteiger partial charge is 0.224 e. The summed E-state index contributed by atoms with van der Waals surface area (Å²) in [5.41, 5.74) is 7.43. The maximum atomic E-state index is 9.25. The third-order valence-electron chi connectivity index (χ3n) is 4.67. The van der Waals surface area contributed by atoms with E-state index in [1.807, 2.05) is 4.57 Å². The van der Waals surface area contributed by atoms with E-state index < -0.39 is 0 Å². The van der Waals surface area contributed by atoms with Gasteiger partial charge in [-0.15, -0.1) is 0 Å². The number of hydrogen-bond acceptors (Lipinski definition) is 7. The minimum atomic E-state index is -0.152. The Kier molecular flexibility index (Phi) is 3.78. The maximum Gasteiger partial charge on any atom is 0.224 e. The van der Waals surface area contributed by atoms with Crippen molar-refractivity contribution in [1.29, 1.82) is 0 Å². The van der Waals surface area contributed by atoms with Crippen molar-refractivity contribution in [2.75, 3.05) is 30.3 Å².